The highest BCUT2D eigenvalue weighted by Gasteiger charge is 2.39. The van der Waals surface area contributed by atoms with Gasteiger partial charge in [-0.25, -0.2) is 0 Å². The minimum atomic E-state index is 0.688. The summed E-state index contributed by atoms with van der Waals surface area (Å²) in [5.74, 6) is 2.83. The maximum Gasteiger partial charge on any atom is 0.0249 e. The Morgan fingerprint density at radius 3 is 2.40 bits per heavy atom. The van der Waals surface area contributed by atoms with Gasteiger partial charge in [-0.15, -0.1) is 0 Å². The van der Waals surface area contributed by atoms with Crippen LogP contribution in [0.2, 0.25) is 0 Å². The summed E-state index contributed by atoms with van der Waals surface area (Å²) in [4.78, 5) is 2.88. The largest absolute Gasteiger partial charge is 0.329 e. The number of likely N-dealkylation sites (tertiary alicyclic amines) is 1. The van der Waals surface area contributed by atoms with E-state index in [0.717, 1.165) is 30.3 Å². The third-order valence-electron chi connectivity index (χ3n) is 6.56. The number of nitrogens with two attached hydrogens (primary N) is 1. The molecule has 1 heterocycles. The Labute approximate surface area is 125 Å². The van der Waals surface area contributed by atoms with Gasteiger partial charge in [-0.2, -0.15) is 0 Å². The Morgan fingerprint density at radius 1 is 0.950 bits per heavy atom. The van der Waals surface area contributed by atoms with Crippen molar-refractivity contribution in [2.24, 2.45) is 23.5 Å². The highest BCUT2D eigenvalue weighted by molar-refractivity contribution is 4.93. The lowest BCUT2D eigenvalue weighted by Gasteiger charge is -2.50. The summed E-state index contributed by atoms with van der Waals surface area (Å²) in [7, 11) is 0. The molecule has 20 heavy (non-hydrogen) atoms. The van der Waals surface area contributed by atoms with Gasteiger partial charge in [0.05, 0.1) is 0 Å². The predicted molar refractivity (Wildman–Crippen MR) is 85.7 cm³/mol. The Morgan fingerprint density at radius 2 is 1.65 bits per heavy atom. The van der Waals surface area contributed by atoms with Gasteiger partial charge in [0.15, 0.2) is 0 Å². The predicted octanol–water partition coefficient (Wildman–Crippen LogP) is 3.79. The van der Waals surface area contributed by atoms with Gasteiger partial charge in [0.25, 0.3) is 0 Å². The molecule has 0 radical (unpaired) electrons. The normalized spacial score (nSPS) is 41.1. The first-order valence-electron chi connectivity index (χ1n) is 9.25. The first-order valence-corrected chi connectivity index (χ1v) is 9.25. The van der Waals surface area contributed by atoms with E-state index in [1.54, 1.807) is 0 Å². The van der Waals surface area contributed by atoms with Crippen molar-refractivity contribution in [3.8, 4) is 0 Å². The first-order chi connectivity index (χ1) is 9.79. The van der Waals surface area contributed by atoms with Crippen LogP contribution in [-0.2, 0) is 0 Å². The molecule has 0 aromatic heterocycles. The summed E-state index contributed by atoms with van der Waals surface area (Å²) in [5, 5.41) is 0. The Balaban J connectivity index is 1.67. The molecule has 0 spiro atoms. The van der Waals surface area contributed by atoms with Gasteiger partial charge in [-0.1, -0.05) is 32.6 Å². The number of fused-ring (bicyclic) bond motifs is 1. The maximum absolute atomic E-state index is 6.25. The van der Waals surface area contributed by atoms with E-state index < -0.39 is 0 Å². The Bertz CT molecular complexity index is 294. The van der Waals surface area contributed by atoms with E-state index in [0.29, 0.717) is 6.04 Å². The number of hydrogen-bond acceptors (Lipinski definition) is 2. The summed E-state index contributed by atoms with van der Waals surface area (Å²) in [6, 6.07) is 1.57. The lowest BCUT2D eigenvalue weighted by atomic mass is 9.74. The molecule has 3 atom stereocenters. The zero-order valence-electron chi connectivity index (χ0n) is 13.4. The fraction of sp³-hybridized carbons (Fsp3) is 1.00. The average Bonchev–Trinajstić information content (AvgIpc) is 2.50. The van der Waals surface area contributed by atoms with Gasteiger partial charge in [0.2, 0.25) is 0 Å². The lowest BCUT2D eigenvalue weighted by Crippen LogP contribution is -2.56. The molecule has 0 bridgehead atoms. The molecule has 3 rings (SSSR count). The smallest absolute Gasteiger partial charge is 0.0249 e. The van der Waals surface area contributed by atoms with Gasteiger partial charge in [0, 0.05) is 18.6 Å². The van der Waals surface area contributed by atoms with E-state index in [1.807, 2.05) is 0 Å². The molecule has 2 aliphatic carbocycles. The molecule has 2 N–H and O–H groups in total. The monoisotopic (exact) mass is 278 g/mol. The summed E-state index contributed by atoms with van der Waals surface area (Å²) in [6.07, 6.45) is 14.5. The fourth-order valence-electron chi connectivity index (χ4n) is 5.34. The van der Waals surface area contributed by atoms with Crippen LogP contribution >= 0.6 is 0 Å². The molecule has 0 aromatic carbocycles. The lowest BCUT2D eigenvalue weighted by molar-refractivity contribution is -0.00123. The van der Waals surface area contributed by atoms with Crippen LogP contribution in [0, 0.1) is 17.8 Å². The van der Waals surface area contributed by atoms with Crippen molar-refractivity contribution in [1.82, 2.24) is 4.90 Å². The zero-order chi connectivity index (χ0) is 13.9. The number of rotatable bonds is 3. The highest BCUT2D eigenvalue weighted by atomic mass is 15.2. The number of nitrogens with zero attached hydrogens (tertiary/aromatic N) is 1. The molecule has 3 aliphatic rings. The van der Waals surface area contributed by atoms with E-state index in [2.05, 4.69) is 11.8 Å². The summed E-state index contributed by atoms with van der Waals surface area (Å²) in [5.41, 5.74) is 6.25. The van der Waals surface area contributed by atoms with Crippen molar-refractivity contribution in [1.29, 1.82) is 0 Å². The average molecular weight is 278 g/mol. The number of piperidine rings is 1. The number of hydrogen-bond donors (Lipinski definition) is 1. The third kappa shape index (κ3) is 3.06. The molecular weight excluding hydrogens is 244 g/mol. The minimum absolute atomic E-state index is 0.688. The van der Waals surface area contributed by atoms with E-state index >= 15 is 0 Å². The summed E-state index contributed by atoms with van der Waals surface area (Å²) in [6.45, 7) is 4.64. The SMILES string of the molecule is CC1CCC(C(CN)N2CCC[C@H]3CCCC[C@H]32)CC1. The standard InChI is InChI=1S/C18H34N2/c1-14-8-10-16(11-9-14)18(13-19)20-12-4-6-15-5-2-3-7-17(15)20/h14-18H,2-13,19H2,1H3/t14?,15-,16?,17-,18?/m1/s1. The van der Waals surface area contributed by atoms with E-state index in [-0.39, 0.29) is 0 Å². The molecule has 116 valence electrons. The molecular formula is C18H34N2. The van der Waals surface area contributed by atoms with Gasteiger partial charge in [0.1, 0.15) is 0 Å². The molecule has 1 aliphatic heterocycles. The van der Waals surface area contributed by atoms with E-state index in [9.17, 15) is 0 Å². The van der Waals surface area contributed by atoms with Gasteiger partial charge in [-0.3, -0.25) is 4.90 Å². The van der Waals surface area contributed by atoms with Crippen LogP contribution < -0.4 is 5.73 Å². The molecule has 2 nitrogen and oxygen atoms in total. The topological polar surface area (TPSA) is 29.3 Å². The van der Waals surface area contributed by atoms with Crippen molar-refractivity contribution in [3.63, 3.8) is 0 Å². The van der Waals surface area contributed by atoms with Crippen molar-refractivity contribution >= 4 is 0 Å². The van der Waals surface area contributed by atoms with Crippen molar-refractivity contribution in [3.05, 3.63) is 0 Å². The van der Waals surface area contributed by atoms with Crippen molar-refractivity contribution in [2.45, 2.75) is 83.2 Å². The fourth-order valence-corrected chi connectivity index (χ4v) is 5.34. The second-order valence-corrected chi connectivity index (χ2v) is 7.81. The molecule has 2 heteroatoms. The molecule has 0 amide bonds. The van der Waals surface area contributed by atoms with Crippen LogP contribution in [0.25, 0.3) is 0 Å². The molecule has 1 unspecified atom stereocenters. The van der Waals surface area contributed by atoms with E-state index in [1.165, 1.54) is 70.8 Å². The molecule has 2 saturated carbocycles. The Kier molecular flexibility index (Phi) is 5.04. The molecule has 3 fully saturated rings. The molecule has 1 saturated heterocycles. The summed E-state index contributed by atoms with van der Waals surface area (Å²) < 4.78 is 0. The van der Waals surface area contributed by atoms with Crippen molar-refractivity contribution in [2.75, 3.05) is 13.1 Å². The van der Waals surface area contributed by atoms with Gasteiger partial charge in [-0.05, 0) is 62.8 Å². The van der Waals surface area contributed by atoms with Crippen LogP contribution in [0.3, 0.4) is 0 Å². The summed E-state index contributed by atoms with van der Waals surface area (Å²) >= 11 is 0. The Hall–Kier alpha value is -0.0800. The third-order valence-corrected chi connectivity index (χ3v) is 6.56. The quantitative estimate of drug-likeness (QED) is 0.851. The van der Waals surface area contributed by atoms with Gasteiger partial charge >= 0.3 is 0 Å². The highest BCUT2D eigenvalue weighted by Crippen LogP contribution is 2.39. The zero-order valence-corrected chi connectivity index (χ0v) is 13.4. The first kappa shape index (κ1) is 14.8. The van der Waals surface area contributed by atoms with E-state index in [4.69, 9.17) is 5.73 Å². The van der Waals surface area contributed by atoms with Crippen molar-refractivity contribution < 1.29 is 0 Å². The van der Waals surface area contributed by atoms with Crippen LogP contribution in [0.1, 0.15) is 71.1 Å². The van der Waals surface area contributed by atoms with Crippen LogP contribution in [-0.4, -0.2) is 30.1 Å². The minimum Gasteiger partial charge on any atom is -0.329 e. The molecule has 0 aromatic rings. The second-order valence-electron chi connectivity index (χ2n) is 7.81. The second kappa shape index (κ2) is 6.79. The van der Waals surface area contributed by atoms with Crippen LogP contribution in [0.4, 0.5) is 0 Å². The van der Waals surface area contributed by atoms with Crippen LogP contribution in [0.15, 0.2) is 0 Å². The van der Waals surface area contributed by atoms with Crippen LogP contribution in [0.5, 0.6) is 0 Å². The maximum atomic E-state index is 6.25. The van der Waals surface area contributed by atoms with Gasteiger partial charge < -0.3 is 5.73 Å².